The number of hydrogen-bond donors (Lipinski definition) is 1. The third kappa shape index (κ3) is 5.95. The highest BCUT2D eigenvalue weighted by Gasteiger charge is 2.49. The summed E-state index contributed by atoms with van der Waals surface area (Å²) in [4.78, 5) is 48.8. The van der Waals surface area contributed by atoms with Crippen molar-refractivity contribution in [2.24, 2.45) is 5.92 Å². The molecular weight excluding hydrogens is 424 g/mol. The van der Waals surface area contributed by atoms with E-state index >= 15 is 0 Å². The van der Waals surface area contributed by atoms with E-state index in [0.29, 0.717) is 19.6 Å². The van der Waals surface area contributed by atoms with E-state index in [1.54, 1.807) is 18.7 Å². The molecule has 2 aliphatic rings. The van der Waals surface area contributed by atoms with Crippen molar-refractivity contribution in [2.75, 3.05) is 26.7 Å². The topological polar surface area (TPSA) is 112 Å². The van der Waals surface area contributed by atoms with Crippen LogP contribution >= 0.6 is 0 Å². The number of amides is 2. The van der Waals surface area contributed by atoms with Crippen LogP contribution in [0.2, 0.25) is 0 Å². The van der Waals surface area contributed by atoms with E-state index in [4.69, 9.17) is 9.90 Å². The molecule has 0 bridgehead atoms. The minimum absolute atomic E-state index is 0.00811. The predicted molar refractivity (Wildman–Crippen MR) is 121 cm³/mol. The summed E-state index contributed by atoms with van der Waals surface area (Å²) < 4.78 is 1.97. The number of pyridine rings is 1. The Hall–Kier alpha value is -3.27. The summed E-state index contributed by atoms with van der Waals surface area (Å²) in [5.74, 6) is 0.149. The Morgan fingerprint density at radius 1 is 1.33 bits per heavy atom. The van der Waals surface area contributed by atoms with Crippen LogP contribution in [-0.4, -0.2) is 91.4 Å². The molecule has 178 valence electrons. The number of fused-ring (bicyclic) bond motifs is 1. The smallest absolute Gasteiger partial charge is 0.290 e. The van der Waals surface area contributed by atoms with Gasteiger partial charge in [-0.3, -0.25) is 24.3 Å². The van der Waals surface area contributed by atoms with E-state index in [9.17, 15) is 9.59 Å². The molecule has 10 nitrogen and oxygen atoms in total. The highest BCUT2D eigenvalue weighted by atomic mass is 16.3. The average molecular weight is 457 g/mol. The SMILES string of the molecule is CC[C@@H]1[C@H](C(=O)N(C)CCn2ccnc2)C[C@@H]2CN(Cc3cccnc3)CC(=O)N21.O=CO. The zero-order valence-corrected chi connectivity index (χ0v) is 19.2. The summed E-state index contributed by atoms with van der Waals surface area (Å²) >= 11 is 0. The standard InChI is InChI=1S/C22H30N6O2.CH2O2/c1-3-20-19(22(30)25(2)9-10-26-8-7-24-16-26)11-18-14-27(15-21(29)28(18)20)13-17-5-4-6-23-12-17;2-1-3/h4-8,12,16,18-20H,3,9-11,13-15H2,1-2H3;1H,(H,2,3)/t18-,19-,20-;/m1./s1. The fourth-order valence-electron chi connectivity index (χ4n) is 4.91. The quantitative estimate of drug-likeness (QED) is 0.618. The zero-order chi connectivity index (χ0) is 23.8. The Morgan fingerprint density at radius 3 is 2.76 bits per heavy atom. The van der Waals surface area contributed by atoms with Crippen molar-refractivity contribution in [3.8, 4) is 0 Å². The number of hydrogen-bond acceptors (Lipinski definition) is 6. The molecule has 0 radical (unpaired) electrons. The zero-order valence-electron chi connectivity index (χ0n) is 19.2. The van der Waals surface area contributed by atoms with Gasteiger partial charge in [0.25, 0.3) is 6.47 Å². The van der Waals surface area contributed by atoms with Crippen LogP contribution in [0, 0.1) is 5.92 Å². The Labute approximate surface area is 193 Å². The van der Waals surface area contributed by atoms with Gasteiger partial charge in [0, 0.05) is 70.1 Å². The first-order valence-electron chi connectivity index (χ1n) is 11.2. The van der Waals surface area contributed by atoms with Crippen molar-refractivity contribution in [1.29, 1.82) is 0 Å². The molecule has 2 aromatic heterocycles. The molecule has 1 N–H and O–H groups in total. The number of carboxylic acid groups (broad SMARTS) is 1. The molecule has 2 saturated heterocycles. The first-order chi connectivity index (χ1) is 16.0. The Morgan fingerprint density at radius 2 is 2.12 bits per heavy atom. The summed E-state index contributed by atoms with van der Waals surface area (Å²) in [6.07, 6.45) is 10.6. The molecule has 0 saturated carbocycles. The molecule has 2 aliphatic heterocycles. The molecule has 2 aromatic rings. The maximum Gasteiger partial charge on any atom is 0.290 e. The lowest BCUT2D eigenvalue weighted by Crippen LogP contribution is -2.56. The fourth-order valence-corrected chi connectivity index (χ4v) is 4.91. The second-order valence-corrected chi connectivity index (χ2v) is 8.47. The number of aromatic nitrogens is 3. The molecular formula is C23H32N6O4. The van der Waals surface area contributed by atoms with Crippen LogP contribution < -0.4 is 0 Å². The van der Waals surface area contributed by atoms with Gasteiger partial charge in [-0.1, -0.05) is 13.0 Å². The third-order valence-corrected chi connectivity index (χ3v) is 6.35. The second-order valence-electron chi connectivity index (χ2n) is 8.47. The van der Waals surface area contributed by atoms with E-state index in [-0.39, 0.29) is 36.3 Å². The predicted octanol–water partition coefficient (Wildman–Crippen LogP) is 0.949. The molecule has 3 atom stereocenters. The summed E-state index contributed by atoms with van der Waals surface area (Å²) in [6, 6.07) is 4.05. The van der Waals surface area contributed by atoms with Crippen LogP contribution in [0.25, 0.3) is 0 Å². The van der Waals surface area contributed by atoms with Gasteiger partial charge in [0.05, 0.1) is 18.8 Å². The van der Waals surface area contributed by atoms with Crippen molar-refractivity contribution in [3.63, 3.8) is 0 Å². The monoisotopic (exact) mass is 456 g/mol. The summed E-state index contributed by atoms with van der Waals surface area (Å²) in [5, 5.41) is 6.89. The van der Waals surface area contributed by atoms with Crippen molar-refractivity contribution in [2.45, 2.75) is 44.9 Å². The van der Waals surface area contributed by atoms with Gasteiger partial charge in [0.1, 0.15) is 0 Å². The van der Waals surface area contributed by atoms with E-state index < -0.39 is 0 Å². The molecule has 0 spiro atoms. The highest BCUT2D eigenvalue weighted by molar-refractivity contribution is 5.84. The first kappa shape index (κ1) is 24.4. The molecule has 2 fully saturated rings. The molecule has 0 unspecified atom stereocenters. The fraction of sp³-hybridized carbons (Fsp3) is 0.522. The van der Waals surface area contributed by atoms with Crippen LogP contribution in [0.5, 0.6) is 0 Å². The minimum Gasteiger partial charge on any atom is -0.483 e. The molecule has 33 heavy (non-hydrogen) atoms. The van der Waals surface area contributed by atoms with Gasteiger partial charge in [-0.2, -0.15) is 0 Å². The normalized spacial score (nSPS) is 22.3. The van der Waals surface area contributed by atoms with Crippen molar-refractivity contribution >= 4 is 18.3 Å². The number of carbonyl (C=O) groups excluding carboxylic acids is 2. The number of likely N-dealkylation sites (N-methyl/N-ethyl adjacent to an activating group) is 1. The van der Waals surface area contributed by atoms with Gasteiger partial charge in [-0.15, -0.1) is 0 Å². The number of rotatable bonds is 7. The van der Waals surface area contributed by atoms with Crippen molar-refractivity contribution in [3.05, 3.63) is 48.8 Å². The maximum absolute atomic E-state index is 13.2. The van der Waals surface area contributed by atoms with Gasteiger partial charge in [0.2, 0.25) is 11.8 Å². The third-order valence-electron chi connectivity index (χ3n) is 6.35. The number of imidazole rings is 1. The molecule has 0 aliphatic carbocycles. The molecule has 10 heteroatoms. The lowest BCUT2D eigenvalue weighted by Gasteiger charge is -2.40. The van der Waals surface area contributed by atoms with Gasteiger partial charge in [-0.25, -0.2) is 4.98 Å². The Balaban J connectivity index is 0.000000968. The van der Waals surface area contributed by atoms with Crippen LogP contribution in [0.15, 0.2) is 43.2 Å². The summed E-state index contributed by atoms with van der Waals surface area (Å²) in [7, 11) is 1.86. The molecule has 2 amide bonds. The number of nitrogens with zero attached hydrogens (tertiary/aromatic N) is 6. The first-order valence-corrected chi connectivity index (χ1v) is 11.2. The van der Waals surface area contributed by atoms with E-state index in [1.807, 2.05) is 45.9 Å². The van der Waals surface area contributed by atoms with Gasteiger partial charge < -0.3 is 19.5 Å². The van der Waals surface area contributed by atoms with Gasteiger partial charge >= 0.3 is 0 Å². The molecule has 0 aromatic carbocycles. The lowest BCUT2D eigenvalue weighted by atomic mass is 9.95. The van der Waals surface area contributed by atoms with Crippen LogP contribution in [0.3, 0.4) is 0 Å². The summed E-state index contributed by atoms with van der Waals surface area (Å²) in [6.45, 7) is 5.10. The summed E-state index contributed by atoms with van der Waals surface area (Å²) in [5.41, 5.74) is 1.11. The minimum atomic E-state index is -0.250. The average Bonchev–Trinajstić information content (AvgIpc) is 3.46. The Bertz CT molecular complexity index is 907. The second kappa shape index (κ2) is 11.6. The molecule has 4 heterocycles. The van der Waals surface area contributed by atoms with Gasteiger partial charge in [0.15, 0.2) is 0 Å². The number of carbonyl (C=O) groups is 3. The lowest BCUT2D eigenvalue weighted by molar-refractivity contribution is -0.142. The van der Waals surface area contributed by atoms with E-state index in [2.05, 4.69) is 21.8 Å². The van der Waals surface area contributed by atoms with Crippen LogP contribution in [0.1, 0.15) is 25.3 Å². The highest BCUT2D eigenvalue weighted by Crippen LogP contribution is 2.36. The van der Waals surface area contributed by atoms with Crippen LogP contribution in [0.4, 0.5) is 0 Å². The van der Waals surface area contributed by atoms with E-state index in [0.717, 1.165) is 31.5 Å². The van der Waals surface area contributed by atoms with Crippen molar-refractivity contribution in [1.82, 2.24) is 29.2 Å². The largest absolute Gasteiger partial charge is 0.483 e. The maximum atomic E-state index is 13.2. The Kier molecular flexibility index (Phi) is 8.53. The van der Waals surface area contributed by atoms with Crippen molar-refractivity contribution < 1.29 is 19.5 Å². The molecule has 4 rings (SSSR count). The van der Waals surface area contributed by atoms with Crippen LogP contribution in [-0.2, 0) is 27.5 Å². The number of piperazine rings is 1. The van der Waals surface area contributed by atoms with E-state index in [1.165, 1.54) is 0 Å². The van der Waals surface area contributed by atoms with Gasteiger partial charge in [-0.05, 0) is 24.5 Å².